The molecule has 0 amide bonds. The molecule has 3 aromatic rings. The van der Waals surface area contributed by atoms with Crippen LogP contribution in [-0.2, 0) is 51.0 Å². The van der Waals surface area contributed by atoms with Gasteiger partial charge in [-0.2, -0.15) is 0 Å². The van der Waals surface area contributed by atoms with E-state index in [-0.39, 0.29) is 24.8 Å². The molecule has 2 aliphatic rings. The summed E-state index contributed by atoms with van der Waals surface area (Å²) in [6, 6.07) is 7.95. The first-order chi connectivity index (χ1) is 25.9. The first-order valence-electron chi connectivity index (χ1n) is 17.7. The molecule has 3 aromatic heterocycles. The van der Waals surface area contributed by atoms with Gasteiger partial charge in [0, 0.05) is 47.1 Å². The summed E-state index contributed by atoms with van der Waals surface area (Å²) in [5, 5.41) is 0. The van der Waals surface area contributed by atoms with Gasteiger partial charge in [-0.15, -0.1) is 0 Å². The molecule has 0 saturated carbocycles. The summed E-state index contributed by atoms with van der Waals surface area (Å²) in [5.41, 5.74) is 13.6. The minimum absolute atomic E-state index is 0.173. The second kappa shape index (κ2) is 17.2. The average molecular weight is 735 g/mol. The maximum absolute atomic E-state index is 12.3. The molecule has 0 fully saturated rings. The van der Waals surface area contributed by atoms with Crippen molar-refractivity contribution in [2.24, 2.45) is 0 Å². The van der Waals surface area contributed by atoms with Crippen molar-refractivity contribution in [2.45, 2.75) is 66.2 Å². The molecule has 0 saturated heterocycles. The van der Waals surface area contributed by atoms with Crippen molar-refractivity contribution in [1.82, 2.24) is 19.9 Å². The Hall–Kier alpha value is -6.04. The van der Waals surface area contributed by atoms with E-state index in [0.717, 1.165) is 78.0 Å². The normalized spacial score (nSPS) is 12.9. The van der Waals surface area contributed by atoms with Crippen LogP contribution in [-0.4, -0.2) is 72.3 Å². The summed E-state index contributed by atoms with van der Waals surface area (Å²) in [6.45, 7) is 8.01. The van der Waals surface area contributed by atoms with E-state index in [1.165, 1.54) is 40.6 Å². The second-order valence-corrected chi connectivity index (χ2v) is 13.1. The maximum atomic E-state index is 12.3. The predicted octanol–water partition coefficient (Wildman–Crippen LogP) is 7.24. The van der Waals surface area contributed by atoms with E-state index in [2.05, 4.69) is 9.97 Å². The van der Waals surface area contributed by atoms with Crippen LogP contribution in [0.2, 0.25) is 0 Å². The van der Waals surface area contributed by atoms with E-state index in [9.17, 15) is 19.2 Å². The number of methoxy groups -OCH3 is 4. The Morgan fingerprint density at radius 2 is 1.04 bits per heavy atom. The van der Waals surface area contributed by atoms with Crippen LogP contribution in [0.1, 0.15) is 84.6 Å². The van der Waals surface area contributed by atoms with Crippen LogP contribution in [0.5, 0.6) is 0 Å². The first-order valence-corrected chi connectivity index (χ1v) is 17.7. The molecule has 2 N–H and O–H groups in total. The molecule has 54 heavy (non-hydrogen) atoms. The van der Waals surface area contributed by atoms with Crippen LogP contribution in [0.15, 0.2) is 48.6 Å². The summed E-state index contributed by atoms with van der Waals surface area (Å²) < 4.78 is 19.6. The van der Waals surface area contributed by atoms with Crippen molar-refractivity contribution < 1.29 is 38.1 Å². The van der Waals surface area contributed by atoms with E-state index >= 15 is 0 Å². The minimum Gasteiger partial charge on any atom is -0.469 e. The van der Waals surface area contributed by atoms with Crippen LogP contribution in [0, 0.1) is 13.8 Å². The molecule has 0 radical (unpaired) electrons. The number of aromatic amines is 2. The highest BCUT2D eigenvalue weighted by Gasteiger charge is 2.22. The third-order valence-electron chi connectivity index (χ3n) is 9.97. The van der Waals surface area contributed by atoms with Gasteiger partial charge in [0.05, 0.1) is 51.2 Å². The zero-order valence-electron chi connectivity index (χ0n) is 32.0. The molecule has 5 rings (SSSR count). The highest BCUT2D eigenvalue weighted by Crippen LogP contribution is 2.38. The summed E-state index contributed by atoms with van der Waals surface area (Å²) in [4.78, 5) is 65.9. The van der Waals surface area contributed by atoms with Crippen LogP contribution >= 0.6 is 0 Å². The van der Waals surface area contributed by atoms with E-state index in [1.54, 1.807) is 12.2 Å². The fourth-order valence-corrected chi connectivity index (χ4v) is 6.71. The lowest BCUT2D eigenvalue weighted by Crippen LogP contribution is -2.02. The predicted molar refractivity (Wildman–Crippen MR) is 208 cm³/mol. The van der Waals surface area contributed by atoms with Crippen molar-refractivity contribution >= 4 is 68.2 Å². The summed E-state index contributed by atoms with van der Waals surface area (Å²) in [7, 11) is 5.42. The van der Waals surface area contributed by atoms with Gasteiger partial charge in [0.15, 0.2) is 0 Å². The lowest BCUT2D eigenvalue weighted by molar-refractivity contribution is -0.141. The number of aromatic nitrogens is 4. The third-order valence-corrected chi connectivity index (χ3v) is 9.97. The van der Waals surface area contributed by atoms with Gasteiger partial charge in [0.2, 0.25) is 0 Å². The highest BCUT2D eigenvalue weighted by atomic mass is 16.5. The number of aryl methyl sites for hydroxylation is 3. The average Bonchev–Trinajstić information content (AvgIpc) is 3.82. The number of carbonyl (C=O) groups is 4. The Morgan fingerprint density at radius 1 is 0.556 bits per heavy atom. The van der Waals surface area contributed by atoms with Gasteiger partial charge >= 0.3 is 23.9 Å². The molecule has 0 spiro atoms. The van der Waals surface area contributed by atoms with E-state index in [4.69, 9.17) is 28.9 Å². The number of fused-ring (bicyclic) bond motifs is 8. The number of nitrogens with one attached hydrogen (secondary N) is 2. The van der Waals surface area contributed by atoms with E-state index < -0.39 is 11.9 Å². The van der Waals surface area contributed by atoms with Crippen molar-refractivity contribution in [3.63, 3.8) is 0 Å². The van der Waals surface area contributed by atoms with Gasteiger partial charge in [0.1, 0.15) is 0 Å². The molecule has 12 heteroatoms. The van der Waals surface area contributed by atoms with Gasteiger partial charge < -0.3 is 28.9 Å². The van der Waals surface area contributed by atoms with Gasteiger partial charge in [-0.05, 0) is 122 Å². The summed E-state index contributed by atoms with van der Waals surface area (Å²) in [5.74, 6) is -1.54. The van der Waals surface area contributed by atoms with Crippen LogP contribution < -0.4 is 0 Å². The monoisotopic (exact) mass is 734 g/mol. The lowest BCUT2D eigenvalue weighted by Gasteiger charge is -2.04. The van der Waals surface area contributed by atoms with Crippen molar-refractivity contribution in [1.29, 1.82) is 0 Å². The van der Waals surface area contributed by atoms with Crippen molar-refractivity contribution in [2.75, 3.05) is 28.4 Å². The minimum atomic E-state index is -0.448. The summed E-state index contributed by atoms with van der Waals surface area (Å²) >= 11 is 0. The number of carbonyl (C=O) groups excluding carboxylic acids is 4. The topological polar surface area (TPSA) is 163 Å². The van der Waals surface area contributed by atoms with Gasteiger partial charge in [-0.1, -0.05) is 12.2 Å². The van der Waals surface area contributed by atoms with Crippen LogP contribution in [0.25, 0.3) is 44.4 Å². The molecule has 0 aliphatic carbocycles. The largest absolute Gasteiger partial charge is 0.469 e. The molecule has 282 valence electrons. The van der Waals surface area contributed by atoms with Gasteiger partial charge in [-0.3, -0.25) is 9.59 Å². The van der Waals surface area contributed by atoms with Crippen molar-refractivity contribution in [3.05, 3.63) is 93.6 Å². The number of nitrogens with zero attached hydrogens (tertiary/aromatic N) is 2. The number of rotatable bonds is 12. The number of ether oxygens (including phenoxy) is 4. The third kappa shape index (κ3) is 8.60. The number of hydrogen-bond donors (Lipinski definition) is 2. The smallest absolute Gasteiger partial charge is 0.330 e. The molecular weight excluding hydrogens is 688 g/mol. The quantitative estimate of drug-likeness (QED) is 0.110. The number of allylic oxidation sites excluding steroid dienone is 6. The summed E-state index contributed by atoms with van der Waals surface area (Å²) in [6.07, 6.45) is 8.39. The molecule has 5 heterocycles. The number of hydrogen-bond acceptors (Lipinski definition) is 10. The molecule has 8 bridgehead atoms. The van der Waals surface area contributed by atoms with Crippen LogP contribution in [0.3, 0.4) is 0 Å². The molecular formula is C42H46N4O8. The van der Waals surface area contributed by atoms with E-state index in [0.29, 0.717) is 37.1 Å². The molecule has 2 aliphatic heterocycles. The highest BCUT2D eigenvalue weighted by molar-refractivity contribution is 5.96. The molecule has 0 atom stereocenters. The molecule has 0 unspecified atom stereocenters. The van der Waals surface area contributed by atoms with Crippen molar-refractivity contribution in [3.8, 4) is 0 Å². The maximum Gasteiger partial charge on any atom is 0.330 e. The first kappa shape index (κ1) is 39.2. The fraction of sp³-hybridized carbons (Fsp3) is 0.333. The van der Waals surface area contributed by atoms with Gasteiger partial charge in [0.25, 0.3) is 0 Å². The Bertz CT molecular complexity index is 2300. The zero-order valence-corrected chi connectivity index (χ0v) is 32.0. The Kier molecular flexibility index (Phi) is 12.5. The SMILES string of the molecule is COC(=O)/C=C\CC1=C(C)c2cc3nc(cc4[nH]c(cc5[nH]c(cc1n2)c(C)c5C/C=C/C(=O)OC)c(C)c4CCC(=O)OC)C(CCC(=O)OC)=C3C. The Labute approximate surface area is 314 Å². The number of H-pyrrole nitrogens is 2. The zero-order chi connectivity index (χ0) is 39.1. The second-order valence-electron chi connectivity index (χ2n) is 13.1. The molecule has 0 aromatic carbocycles. The standard InChI is InChI=1S/C42H46N4O8/c1-23-27(11-9-13-39(47)51-5)35-20-33-24(2)28(12-10-14-40(48)52-6)36(45-33)21-34-26(4)30(16-18-42(50)54-8)38(46-34)22-37-29(15-17-41(49)53-7)25(3)32(44-37)19-31(23)43-35/h9-10,13-14,19-22,45-46H,11-12,15-18H2,1-8H3/b13-9-,14-10+,31-19?,32-19?,33-20?,34-21?,35-20?,36-21?,37-22?,38-22?. The van der Waals surface area contributed by atoms with Gasteiger partial charge in [-0.25, -0.2) is 19.6 Å². The van der Waals surface area contributed by atoms with Crippen LogP contribution in [0.4, 0.5) is 0 Å². The Morgan fingerprint density at radius 3 is 1.63 bits per heavy atom. The molecule has 12 nitrogen and oxygen atoms in total. The van der Waals surface area contributed by atoms with E-state index in [1.807, 2.05) is 52.0 Å². The number of esters is 4. The lowest BCUT2D eigenvalue weighted by atomic mass is 9.99. The Balaban J connectivity index is 1.87. The fourth-order valence-electron chi connectivity index (χ4n) is 6.71.